The highest BCUT2D eigenvalue weighted by Gasteiger charge is 2.20. The Morgan fingerprint density at radius 2 is 1.96 bits per heavy atom. The number of aromatic nitrogens is 2. The highest BCUT2D eigenvalue weighted by molar-refractivity contribution is 14.0. The lowest BCUT2D eigenvalue weighted by Gasteiger charge is -2.33. The molecule has 0 radical (unpaired) electrons. The molecule has 1 aromatic heterocycles. The molecule has 1 aromatic rings. The first kappa shape index (κ1) is 24.7. The molecule has 1 atom stereocenters. The summed E-state index contributed by atoms with van der Waals surface area (Å²) in [5, 5.41) is 11.0. The number of aryl methyl sites for hydroxylation is 1. The summed E-state index contributed by atoms with van der Waals surface area (Å²) in [6, 6.07) is 2.33. The van der Waals surface area contributed by atoms with E-state index in [2.05, 4.69) is 52.6 Å². The number of hydrogen-bond donors (Lipinski definition) is 2. The summed E-state index contributed by atoms with van der Waals surface area (Å²) in [5.41, 5.74) is 0. The van der Waals surface area contributed by atoms with Gasteiger partial charge in [-0.2, -0.15) is 5.10 Å². The van der Waals surface area contributed by atoms with Gasteiger partial charge in [-0.3, -0.25) is 14.6 Å². The zero-order valence-corrected chi connectivity index (χ0v) is 18.7. The maximum Gasteiger partial charge on any atom is 0.191 e. The molecule has 1 heterocycles. The molecule has 0 amide bonds. The van der Waals surface area contributed by atoms with Gasteiger partial charge in [-0.05, 0) is 18.4 Å². The van der Waals surface area contributed by atoms with Crippen LogP contribution in [0.4, 0.5) is 0 Å². The minimum Gasteiger partial charge on any atom is -0.356 e. The van der Waals surface area contributed by atoms with Gasteiger partial charge in [0.15, 0.2) is 5.96 Å². The molecule has 7 heteroatoms. The van der Waals surface area contributed by atoms with E-state index in [9.17, 15) is 0 Å². The van der Waals surface area contributed by atoms with E-state index in [0.717, 1.165) is 45.1 Å². The molecule has 0 aliphatic heterocycles. The molecular weight excluding hydrogens is 439 g/mol. The van der Waals surface area contributed by atoms with Crippen molar-refractivity contribution in [3.05, 3.63) is 43.8 Å². The Bertz CT molecular complexity index is 502. The lowest BCUT2D eigenvalue weighted by Crippen LogP contribution is -2.49. The van der Waals surface area contributed by atoms with Gasteiger partial charge in [-0.15, -0.1) is 37.1 Å². The van der Waals surface area contributed by atoms with Crippen LogP contribution in [0.25, 0.3) is 0 Å². The van der Waals surface area contributed by atoms with Crippen LogP contribution in [0, 0.1) is 5.92 Å². The van der Waals surface area contributed by atoms with E-state index in [1.54, 1.807) is 13.2 Å². The van der Waals surface area contributed by atoms with Crippen LogP contribution in [0.2, 0.25) is 0 Å². The molecule has 1 unspecified atom stereocenters. The van der Waals surface area contributed by atoms with Gasteiger partial charge >= 0.3 is 0 Å². The van der Waals surface area contributed by atoms with Crippen LogP contribution < -0.4 is 10.6 Å². The maximum absolute atomic E-state index is 4.32. The molecule has 148 valence electrons. The highest BCUT2D eigenvalue weighted by atomic mass is 127. The molecular formula is C19H35IN6. The number of hydrogen-bond acceptors (Lipinski definition) is 3. The maximum atomic E-state index is 4.32. The van der Waals surface area contributed by atoms with E-state index in [4.69, 9.17) is 0 Å². The molecule has 0 spiro atoms. The Labute approximate surface area is 175 Å². The highest BCUT2D eigenvalue weighted by Crippen LogP contribution is 2.10. The number of nitrogens with one attached hydrogen (secondary N) is 2. The Hall–Kier alpha value is -1.35. The Morgan fingerprint density at radius 1 is 1.27 bits per heavy atom. The number of aliphatic imine (C=N–C) groups is 1. The normalized spacial score (nSPS) is 12.6. The third-order valence-corrected chi connectivity index (χ3v) is 4.08. The van der Waals surface area contributed by atoms with Crippen molar-refractivity contribution in [3.63, 3.8) is 0 Å². The van der Waals surface area contributed by atoms with Crippen molar-refractivity contribution in [2.45, 2.75) is 32.9 Å². The summed E-state index contributed by atoms with van der Waals surface area (Å²) in [6.45, 7) is 16.5. The van der Waals surface area contributed by atoms with E-state index < -0.39 is 0 Å². The predicted molar refractivity (Wildman–Crippen MR) is 122 cm³/mol. The molecule has 0 aliphatic carbocycles. The van der Waals surface area contributed by atoms with Crippen LogP contribution in [0.1, 0.15) is 20.3 Å². The third kappa shape index (κ3) is 9.38. The summed E-state index contributed by atoms with van der Waals surface area (Å²) in [4.78, 5) is 6.70. The lowest BCUT2D eigenvalue weighted by molar-refractivity contribution is 0.190. The monoisotopic (exact) mass is 474 g/mol. The summed E-state index contributed by atoms with van der Waals surface area (Å²) in [6.07, 6.45) is 8.67. The van der Waals surface area contributed by atoms with Gasteiger partial charge in [-0.25, -0.2) is 0 Å². The number of halogens is 1. The zero-order chi connectivity index (χ0) is 18.5. The number of guanidine groups is 1. The van der Waals surface area contributed by atoms with Crippen molar-refractivity contribution in [2.24, 2.45) is 10.9 Å². The first-order valence-corrected chi connectivity index (χ1v) is 9.00. The van der Waals surface area contributed by atoms with E-state index in [1.807, 2.05) is 29.1 Å². The second kappa shape index (κ2) is 14.8. The molecule has 1 rings (SSSR count). The third-order valence-electron chi connectivity index (χ3n) is 4.08. The molecule has 26 heavy (non-hydrogen) atoms. The summed E-state index contributed by atoms with van der Waals surface area (Å²) >= 11 is 0. The van der Waals surface area contributed by atoms with Gasteiger partial charge in [-0.1, -0.05) is 26.0 Å². The summed E-state index contributed by atoms with van der Waals surface area (Å²) in [7, 11) is 1.80. The van der Waals surface area contributed by atoms with Gasteiger partial charge in [0, 0.05) is 58.2 Å². The first-order chi connectivity index (χ1) is 12.1. The van der Waals surface area contributed by atoms with E-state index in [0.29, 0.717) is 12.0 Å². The van der Waals surface area contributed by atoms with Crippen molar-refractivity contribution in [1.82, 2.24) is 25.3 Å². The molecule has 2 N–H and O–H groups in total. The van der Waals surface area contributed by atoms with Crippen LogP contribution in [-0.4, -0.2) is 59.9 Å². The van der Waals surface area contributed by atoms with Crippen molar-refractivity contribution in [3.8, 4) is 0 Å². The van der Waals surface area contributed by atoms with Gasteiger partial charge in [0.1, 0.15) is 0 Å². The Balaban J connectivity index is 0.00000625. The van der Waals surface area contributed by atoms with Crippen molar-refractivity contribution < 1.29 is 0 Å². The number of rotatable bonds is 12. The van der Waals surface area contributed by atoms with Crippen molar-refractivity contribution >= 4 is 29.9 Å². The smallest absolute Gasteiger partial charge is 0.191 e. The van der Waals surface area contributed by atoms with E-state index in [1.165, 1.54) is 0 Å². The topological polar surface area (TPSA) is 57.5 Å². The molecule has 0 saturated heterocycles. The molecule has 0 fully saturated rings. The quantitative estimate of drug-likeness (QED) is 0.161. The molecule has 0 aliphatic rings. The minimum atomic E-state index is 0. The zero-order valence-electron chi connectivity index (χ0n) is 16.4. The molecule has 0 aromatic carbocycles. The summed E-state index contributed by atoms with van der Waals surface area (Å²) < 4.78 is 1.94. The van der Waals surface area contributed by atoms with E-state index >= 15 is 0 Å². The van der Waals surface area contributed by atoms with Crippen LogP contribution in [0.5, 0.6) is 0 Å². The van der Waals surface area contributed by atoms with E-state index in [-0.39, 0.29) is 24.0 Å². The van der Waals surface area contributed by atoms with Crippen LogP contribution in [-0.2, 0) is 6.54 Å². The van der Waals surface area contributed by atoms with Gasteiger partial charge in [0.05, 0.1) is 0 Å². The fourth-order valence-corrected chi connectivity index (χ4v) is 2.77. The SMILES string of the molecule is C=CCN(CC=C)C(CNC(=NC)NCCCn1cccn1)C(C)C.I. The standard InChI is InChI=1S/C19H34N6.HI/c1-6-12-24(13-7-2)18(17(3)4)16-22-19(20-5)21-10-8-14-25-15-9-11-23-25;/h6-7,9,11,15,17-18H,1-2,8,10,12-14,16H2,3-5H3,(H2,20,21,22);1H. The fraction of sp³-hybridized carbons (Fsp3) is 0.579. The fourth-order valence-electron chi connectivity index (χ4n) is 2.77. The average molecular weight is 474 g/mol. The minimum absolute atomic E-state index is 0. The Morgan fingerprint density at radius 3 is 2.46 bits per heavy atom. The van der Waals surface area contributed by atoms with Gasteiger partial charge < -0.3 is 10.6 Å². The largest absolute Gasteiger partial charge is 0.356 e. The molecule has 0 saturated carbocycles. The van der Waals surface area contributed by atoms with Crippen molar-refractivity contribution in [1.29, 1.82) is 0 Å². The first-order valence-electron chi connectivity index (χ1n) is 9.00. The van der Waals surface area contributed by atoms with Gasteiger partial charge in [0.25, 0.3) is 0 Å². The number of nitrogens with zero attached hydrogens (tertiary/aromatic N) is 4. The second-order valence-corrected chi connectivity index (χ2v) is 6.35. The predicted octanol–water partition coefficient (Wildman–Crippen LogP) is 2.75. The Kier molecular flexibility index (Phi) is 14.0. The van der Waals surface area contributed by atoms with Gasteiger partial charge in [0.2, 0.25) is 0 Å². The summed E-state index contributed by atoms with van der Waals surface area (Å²) in [5.74, 6) is 1.36. The van der Waals surface area contributed by atoms with Crippen molar-refractivity contribution in [2.75, 3.05) is 33.2 Å². The van der Waals surface area contributed by atoms with Crippen LogP contribution >= 0.6 is 24.0 Å². The van der Waals surface area contributed by atoms with Crippen LogP contribution in [0.3, 0.4) is 0 Å². The lowest BCUT2D eigenvalue weighted by atomic mass is 10.0. The average Bonchev–Trinajstić information content (AvgIpc) is 3.10. The van der Waals surface area contributed by atoms with Crippen LogP contribution in [0.15, 0.2) is 48.8 Å². The molecule has 6 nitrogen and oxygen atoms in total. The molecule has 0 bridgehead atoms. The second-order valence-electron chi connectivity index (χ2n) is 6.35.